The largest absolute Gasteiger partial charge is 0.348 e. The zero-order valence-corrected chi connectivity index (χ0v) is 12.9. The van der Waals surface area contributed by atoms with E-state index in [-0.39, 0.29) is 17.6 Å². The van der Waals surface area contributed by atoms with Gasteiger partial charge in [0.05, 0.1) is 5.02 Å². The van der Waals surface area contributed by atoms with Crippen LogP contribution in [0.25, 0.3) is 0 Å². The lowest BCUT2D eigenvalue weighted by molar-refractivity contribution is 0.0910. The number of nitrogens with zero attached hydrogens (tertiary/aromatic N) is 1. The zero-order chi connectivity index (χ0) is 15.0. The van der Waals surface area contributed by atoms with Crippen molar-refractivity contribution in [2.24, 2.45) is 23.6 Å². The summed E-state index contributed by atoms with van der Waals surface area (Å²) in [7, 11) is 0. The highest BCUT2D eigenvalue weighted by Crippen LogP contribution is 2.49. The third-order valence-electron chi connectivity index (χ3n) is 5.00. The number of nitrogens with two attached hydrogens (primary N) is 1. The summed E-state index contributed by atoms with van der Waals surface area (Å²) in [5.41, 5.74) is 2.65. The number of nitrogens with one attached hydrogen (secondary N) is 2. The molecule has 0 aromatic carbocycles. The maximum atomic E-state index is 12.4. The lowest BCUT2D eigenvalue weighted by atomic mass is 9.84. The Morgan fingerprint density at radius 1 is 1.43 bits per heavy atom. The number of amides is 1. The van der Waals surface area contributed by atoms with E-state index in [0.717, 1.165) is 11.8 Å². The van der Waals surface area contributed by atoms with Crippen molar-refractivity contribution in [2.45, 2.75) is 38.6 Å². The third-order valence-corrected chi connectivity index (χ3v) is 5.31. The number of fused-ring (bicyclic) bond motifs is 2. The van der Waals surface area contributed by atoms with Crippen LogP contribution in [0.3, 0.4) is 0 Å². The van der Waals surface area contributed by atoms with Gasteiger partial charge in [0, 0.05) is 6.04 Å². The summed E-state index contributed by atoms with van der Waals surface area (Å²) in [5.74, 6) is 7.74. The van der Waals surface area contributed by atoms with Gasteiger partial charge in [-0.2, -0.15) is 0 Å². The van der Waals surface area contributed by atoms with Gasteiger partial charge < -0.3 is 10.7 Å². The van der Waals surface area contributed by atoms with E-state index in [1.807, 2.05) is 0 Å². The molecule has 5 nitrogen and oxygen atoms in total. The normalized spacial score (nSPS) is 28.4. The van der Waals surface area contributed by atoms with Crippen molar-refractivity contribution in [1.82, 2.24) is 10.3 Å². The van der Waals surface area contributed by atoms with E-state index in [2.05, 4.69) is 22.7 Å². The standard InChI is InChI=1S/C15H21ClN4O/c1-8(11-7-9-2-3-10(11)6-9)18-15(21)14-12(16)4-5-13(19-14)20-17/h4-5,8-11H,2-3,6-7,17H2,1H3,(H,18,21)(H,19,20). The topological polar surface area (TPSA) is 80.0 Å². The summed E-state index contributed by atoms with van der Waals surface area (Å²) < 4.78 is 0. The monoisotopic (exact) mass is 308 g/mol. The molecule has 2 fully saturated rings. The Bertz CT molecular complexity index is 550. The van der Waals surface area contributed by atoms with Gasteiger partial charge in [0.2, 0.25) is 0 Å². The number of hydrazine groups is 1. The second kappa shape index (κ2) is 5.81. The molecule has 3 rings (SSSR count). The van der Waals surface area contributed by atoms with Crippen molar-refractivity contribution >= 4 is 23.3 Å². The van der Waals surface area contributed by atoms with Gasteiger partial charge in [-0.15, -0.1) is 0 Å². The Morgan fingerprint density at radius 3 is 2.86 bits per heavy atom. The molecule has 4 unspecified atom stereocenters. The molecule has 1 heterocycles. The van der Waals surface area contributed by atoms with E-state index in [9.17, 15) is 4.79 Å². The molecule has 6 heteroatoms. The van der Waals surface area contributed by atoms with Gasteiger partial charge in [-0.05, 0) is 56.1 Å². The Kier molecular flexibility index (Phi) is 4.04. The summed E-state index contributed by atoms with van der Waals surface area (Å²) >= 11 is 6.06. The second-order valence-corrected chi connectivity index (χ2v) is 6.68. The molecular formula is C15H21ClN4O. The van der Waals surface area contributed by atoms with Crippen molar-refractivity contribution in [3.05, 3.63) is 22.8 Å². The average molecular weight is 309 g/mol. The Balaban J connectivity index is 1.68. The number of anilines is 1. The van der Waals surface area contributed by atoms with Gasteiger partial charge in [0.1, 0.15) is 11.5 Å². The summed E-state index contributed by atoms with van der Waals surface area (Å²) in [6.45, 7) is 2.09. The number of aromatic nitrogens is 1. The van der Waals surface area contributed by atoms with Crippen LogP contribution in [0.4, 0.5) is 5.82 Å². The molecule has 1 aromatic rings. The quantitative estimate of drug-likeness (QED) is 0.590. The third kappa shape index (κ3) is 2.85. The second-order valence-electron chi connectivity index (χ2n) is 6.27. The lowest BCUT2D eigenvalue weighted by Gasteiger charge is -2.28. The van der Waals surface area contributed by atoms with Crippen LogP contribution < -0.4 is 16.6 Å². The van der Waals surface area contributed by atoms with E-state index in [0.29, 0.717) is 16.8 Å². The number of carbonyl (C=O) groups is 1. The van der Waals surface area contributed by atoms with Crippen LogP contribution in [-0.4, -0.2) is 16.9 Å². The SMILES string of the molecule is CC(NC(=O)c1nc(NN)ccc1Cl)C1CC2CCC1C2. The zero-order valence-electron chi connectivity index (χ0n) is 12.1. The highest BCUT2D eigenvalue weighted by Gasteiger charge is 2.42. The molecular weight excluding hydrogens is 288 g/mol. The predicted octanol–water partition coefficient (Wildman–Crippen LogP) is 2.58. The fourth-order valence-electron chi connectivity index (χ4n) is 3.97. The van der Waals surface area contributed by atoms with Crippen LogP contribution in [0.15, 0.2) is 12.1 Å². The van der Waals surface area contributed by atoms with Crippen LogP contribution in [0.5, 0.6) is 0 Å². The first-order valence-electron chi connectivity index (χ1n) is 7.52. The summed E-state index contributed by atoms with van der Waals surface area (Å²) in [4.78, 5) is 16.5. The van der Waals surface area contributed by atoms with Crippen LogP contribution in [-0.2, 0) is 0 Å². The average Bonchev–Trinajstić information content (AvgIpc) is 3.10. The first-order valence-corrected chi connectivity index (χ1v) is 7.90. The molecule has 2 saturated carbocycles. The predicted molar refractivity (Wildman–Crippen MR) is 82.9 cm³/mol. The van der Waals surface area contributed by atoms with Gasteiger partial charge >= 0.3 is 0 Å². The molecule has 2 aliphatic rings. The van der Waals surface area contributed by atoms with Crippen LogP contribution in [0.1, 0.15) is 43.1 Å². The van der Waals surface area contributed by atoms with Gasteiger partial charge in [-0.25, -0.2) is 10.8 Å². The van der Waals surface area contributed by atoms with Crippen molar-refractivity contribution in [1.29, 1.82) is 0 Å². The fraction of sp³-hybridized carbons (Fsp3) is 0.600. The number of pyridine rings is 1. The highest BCUT2D eigenvalue weighted by molar-refractivity contribution is 6.33. The minimum absolute atomic E-state index is 0.153. The van der Waals surface area contributed by atoms with Gasteiger partial charge in [0.25, 0.3) is 5.91 Å². The van der Waals surface area contributed by atoms with Gasteiger partial charge in [-0.3, -0.25) is 4.79 Å². The first-order chi connectivity index (χ1) is 10.1. The van der Waals surface area contributed by atoms with Crippen LogP contribution in [0, 0.1) is 17.8 Å². The number of hydrogen-bond acceptors (Lipinski definition) is 4. The Hall–Kier alpha value is -1.33. The lowest BCUT2D eigenvalue weighted by Crippen LogP contribution is -2.40. The number of rotatable bonds is 4. The van der Waals surface area contributed by atoms with E-state index >= 15 is 0 Å². The molecule has 1 amide bonds. The van der Waals surface area contributed by atoms with Crippen LogP contribution in [0.2, 0.25) is 5.02 Å². The molecule has 114 valence electrons. The van der Waals surface area contributed by atoms with Gasteiger partial charge in [0.15, 0.2) is 0 Å². The van der Waals surface area contributed by atoms with Crippen LogP contribution >= 0.6 is 11.6 Å². The summed E-state index contributed by atoms with van der Waals surface area (Å²) in [6, 6.07) is 3.42. The highest BCUT2D eigenvalue weighted by atomic mass is 35.5. The molecule has 4 N–H and O–H groups in total. The Morgan fingerprint density at radius 2 is 2.24 bits per heavy atom. The molecule has 0 aliphatic heterocycles. The van der Waals surface area contributed by atoms with Crippen molar-refractivity contribution in [3.63, 3.8) is 0 Å². The molecule has 0 radical (unpaired) electrons. The number of hydrogen-bond donors (Lipinski definition) is 3. The van der Waals surface area contributed by atoms with E-state index < -0.39 is 0 Å². The van der Waals surface area contributed by atoms with Crippen molar-refractivity contribution in [3.8, 4) is 0 Å². The molecule has 1 aromatic heterocycles. The maximum Gasteiger partial charge on any atom is 0.271 e. The van der Waals surface area contributed by atoms with E-state index in [1.165, 1.54) is 25.7 Å². The molecule has 0 spiro atoms. The smallest absolute Gasteiger partial charge is 0.271 e. The number of carbonyl (C=O) groups excluding carboxylic acids is 1. The first kappa shape index (κ1) is 14.6. The Labute approximate surface area is 129 Å². The minimum atomic E-state index is -0.229. The molecule has 2 bridgehead atoms. The number of nitrogen functional groups attached to an aromatic ring is 1. The summed E-state index contributed by atoms with van der Waals surface area (Å²) in [5, 5.41) is 3.40. The molecule has 0 saturated heterocycles. The van der Waals surface area contributed by atoms with Crippen molar-refractivity contribution in [2.75, 3.05) is 5.43 Å². The van der Waals surface area contributed by atoms with E-state index in [1.54, 1.807) is 12.1 Å². The minimum Gasteiger partial charge on any atom is -0.348 e. The van der Waals surface area contributed by atoms with Gasteiger partial charge in [-0.1, -0.05) is 18.0 Å². The summed E-state index contributed by atoms with van der Waals surface area (Å²) in [6.07, 6.45) is 5.23. The molecule has 4 atom stereocenters. The maximum absolute atomic E-state index is 12.4. The van der Waals surface area contributed by atoms with Crippen molar-refractivity contribution < 1.29 is 4.79 Å². The van der Waals surface area contributed by atoms with E-state index in [4.69, 9.17) is 17.4 Å². The molecule has 21 heavy (non-hydrogen) atoms. The molecule has 2 aliphatic carbocycles. The fourth-order valence-corrected chi connectivity index (χ4v) is 4.16. The number of halogens is 1.